The molecule has 0 spiro atoms. The van der Waals surface area contributed by atoms with Gasteiger partial charge in [0.25, 0.3) is 0 Å². The lowest BCUT2D eigenvalue weighted by Gasteiger charge is -2.10. The van der Waals surface area contributed by atoms with Gasteiger partial charge in [-0.3, -0.25) is 0 Å². The normalized spacial score (nSPS) is 10.3. The number of ether oxygens (including phenoxy) is 3. The summed E-state index contributed by atoms with van der Waals surface area (Å²) < 4.78 is 16.1. The summed E-state index contributed by atoms with van der Waals surface area (Å²) in [7, 11) is 0. The van der Waals surface area contributed by atoms with Gasteiger partial charge in [0.15, 0.2) is 6.61 Å². The maximum absolute atomic E-state index is 12.1. The number of carbonyl (C=O) groups excluding carboxylic acids is 2. The number of carbonyl (C=O) groups is 2. The summed E-state index contributed by atoms with van der Waals surface area (Å²) in [6.07, 6.45) is 0. The molecule has 0 bridgehead atoms. The lowest BCUT2D eigenvalue weighted by molar-refractivity contribution is -0.136. The Labute approximate surface area is 169 Å². The third-order valence-electron chi connectivity index (χ3n) is 4.22. The van der Waals surface area contributed by atoms with Crippen LogP contribution in [0.5, 0.6) is 11.5 Å². The highest BCUT2D eigenvalue weighted by atomic mass is 16.6. The molecule has 0 saturated heterocycles. The lowest BCUT2D eigenvalue weighted by Crippen LogP contribution is -2.18. The van der Waals surface area contributed by atoms with Crippen molar-refractivity contribution >= 4 is 11.9 Å². The van der Waals surface area contributed by atoms with Crippen molar-refractivity contribution in [2.24, 2.45) is 0 Å². The van der Waals surface area contributed by atoms with Crippen molar-refractivity contribution in [2.45, 2.75) is 20.5 Å². The maximum atomic E-state index is 12.1. The second-order valence-electron chi connectivity index (χ2n) is 6.62. The molecule has 3 aromatic rings. The first-order chi connectivity index (χ1) is 14.0. The molecule has 29 heavy (non-hydrogen) atoms. The number of esters is 2. The second kappa shape index (κ2) is 9.55. The van der Waals surface area contributed by atoms with Crippen molar-refractivity contribution in [1.29, 1.82) is 0 Å². The third kappa shape index (κ3) is 5.94. The fraction of sp³-hybridized carbons (Fsp3) is 0.167. The Kier molecular flexibility index (Phi) is 6.63. The first kappa shape index (κ1) is 20.1. The van der Waals surface area contributed by atoms with E-state index in [1.807, 2.05) is 62.4 Å². The maximum Gasteiger partial charge on any atom is 0.349 e. The molecule has 0 aromatic heterocycles. The van der Waals surface area contributed by atoms with E-state index in [2.05, 4.69) is 0 Å². The molecule has 0 aliphatic rings. The van der Waals surface area contributed by atoms with Gasteiger partial charge in [0.05, 0.1) is 5.56 Å². The Morgan fingerprint density at radius 3 is 2.31 bits per heavy atom. The highest BCUT2D eigenvalue weighted by Gasteiger charge is 2.11. The molecule has 0 aliphatic carbocycles. The number of hydrogen-bond acceptors (Lipinski definition) is 5. The van der Waals surface area contributed by atoms with Crippen LogP contribution in [-0.2, 0) is 16.1 Å². The molecule has 0 radical (unpaired) electrons. The Morgan fingerprint density at radius 1 is 0.862 bits per heavy atom. The van der Waals surface area contributed by atoms with E-state index in [-0.39, 0.29) is 13.2 Å². The highest BCUT2D eigenvalue weighted by Crippen LogP contribution is 2.19. The SMILES string of the molecule is Cc1ccc(C)c(OCC(=O)Oc2ccc(C(=O)OCc3ccccc3)cc2)c1. The Balaban J connectivity index is 1.49. The fourth-order valence-corrected chi connectivity index (χ4v) is 2.63. The molecule has 148 valence electrons. The minimum atomic E-state index is -0.523. The van der Waals surface area contributed by atoms with E-state index in [1.54, 1.807) is 24.3 Å². The van der Waals surface area contributed by atoms with E-state index in [1.165, 1.54) is 0 Å². The van der Waals surface area contributed by atoms with E-state index in [0.29, 0.717) is 17.1 Å². The predicted molar refractivity (Wildman–Crippen MR) is 109 cm³/mol. The Bertz CT molecular complexity index is 978. The lowest BCUT2D eigenvalue weighted by atomic mass is 10.1. The van der Waals surface area contributed by atoms with Crippen molar-refractivity contribution < 1.29 is 23.8 Å². The summed E-state index contributed by atoms with van der Waals surface area (Å²) >= 11 is 0. The summed E-state index contributed by atoms with van der Waals surface area (Å²) in [6, 6.07) is 21.4. The Morgan fingerprint density at radius 2 is 1.59 bits per heavy atom. The van der Waals surface area contributed by atoms with Gasteiger partial charge in [0, 0.05) is 0 Å². The summed E-state index contributed by atoms with van der Waals surface area (Å²) in [6.45, 7) is 3.87. The monoisotopic (exact) mass is 390 g/mol. The van der Waals surface area contributed by atoms with Crippen LogP contribution in [0.4, 0.5) is 0 Å². The van der Waals surface area contributed by atoms with Crippen LogP contribution in [-0.4, -0.2) is 18.5 Å². The van der Waals surface area contributed by atoms with Crippen molar-refractivity contribution in [3.63, 3.8) is 0 Å². The van der Waals surface area contributed by atoms with Crippen molar-refractivity contribution in [3.05, 3.63) is 95.1 Å². The quantitative estimate of drug-likeness (QED) is 0.434. The van der Waals surface area contributed by atoms with Gasteiger partial charge in [0.2, 0.25) is 0 Å². The topological polar surface area (TPSA) is 61.8 Å². The number of aryl methyl sites for hydroxylation is 2. The van der Waals surface area contributed by atoms with Crippen molar-refractivity contribution in [3.8, 4) is 11.5 Å². The van der Waals surface area contributed by atoms with Gasteiger partial charge in [-0.2, -0.15) is 0 Å². The molecule has 0 fully saturated rings. The predicted octanol–water partition coefficient (Wildman–Crippen LogP) is 4.64. The summed E-state index contributed by atoms with van der Waals surface area (Å²) in [5.41, 5.74) is 3.29. The van der Waals surface area contributed by atoms with Crippen molar-refractivity contribution in [2.75, 3.05) is 6.61 Å². The molecule has 0 saturated carbocycles. The van der Waals surface area contributed by atoms with Gasteiger partial charge < -0.3 is 14.2 Å². The van der Waals surface area contributed by atoms with Gasteiger partial charge in [-0.05, 0) is 60.9 Å². The molecule has 0 heterocycles. The molecule has 3 aromatic carbocycles. The van der Waals surface area contributed by atoms with E-state index in [4.69, 9.17) is 14.2 Å². The van der Waals surface area contributed by atoms with Crippen LogP contribution < -0.4 is 9.47 Å². The third-order valence-corrected chi connectivity index (χ3v) is 4.22. The first-order valence-electron chi connectivity index (χ1n) is 9.23. The molecule has 3 rings (SSSR count). The zero-order chi connectivity index (χ0) is 20.6. The number of benzene rings is 3. The van der Waals surface area contributed by atoms with Crippen LogP contribution in [0.25, 0.3) is 0 Å². The molecule has 5 heteroatoms. The smallest absolute Gasteiger partial charge is 0.349 e. The molecule has 0 amide bonds. The van der Waals surface area contributed by atoms with Crippen LogP contribution in [0, 0.1) is 13.8 Å². The van der Waals surface area contributed by atoms with Gasteiger partial charge >= 0.3 is 11.9 Å². The van der Waals surface area contributed by atoms with Gasteiger partial charge in [-0.25, -0.2) is 9.59 Å². The average Bonchev–Trinajstić information content (AvgIpc) is 2.74. The fourth-order valence-electron chi connectivity index (χ4n) is 2.63. The van der Waals surface area contributed by atoms with E-state index in [0.717, 1.165) is 16.7 Å². The largest absolute Gasteiger partial charge is 0.482 e. The minimum absolute atomic E-state index is 0.201. The van der Waals surface area contributed by atoms with E-state index >= 15 is 0 Å². The van der Waals surface area contributed by atoms with Crippen LogP contribution >= 0.6 is 0 Å². The van der Waals surface area contributed by atoms with Crippen LogP contribution in [0.15, 0.2) is 72.8 Å². The van der Waals surface area contributed by atoms with Gasteiger partial charge in [-0.1, -0.05) is 42.5 Å². The molecular weight excluding hydrogens is 368 g/mol. The first-order valence-corrected chi connectivity index (χ1v) is 9.23. The summed E-state index contributed by atoms with van der Waals surface area (Å²) in [5.74, 6) is 0.0212. The zero-order valence-corrected chi connectivity index (χ0v) is 16.4. The van der Waals surface area contributed by atoms with Crippen LogP contribution in [0.3, 0.4) is 0 Å². The standard InChI is InChI=1S/C24H22O5/c1-17-8-9-18(2)22(14-17)27-16-23(25)29-21-12-10-20(11-13-21)24(26)28-15-19-6-4-3-5-7-19/h3-14H,15-16H2,1-2H3. The summed E-state index contributed by atoms with van der Waals surface area (Å²) in [4.78, 5) is 24.1. The van der Waals surface area contributed by atoms with Crippen LogP contribution in [0.1, 0.15) is 27.0 Å². The zero-order valence-electron chi connectivity index (χ0n) is 16.4. The summed E-state index contributed by atoms with van der Waals surface area (Å²) in [5, 5.41) is 0. The van der Waals surface area contributed by atoms with Crippen LogP contribution in [0.2, 0.25) is 0 Å². The molecule has 0 N–H and O–H groups in total. The average molecular weight is 390 g/mol. The van der Waals surface area contributed by atoms with Gasteiger partial charge in [-0.15, -0.1) is 0 Å². The second-order valence-corrected chi connectivity index (χ2v) is 6.62. The number of hydrogen-bond donors (Lipinski definition) is 0. The molecule has 0 unspecified atom stereocenters. The number of rotatable bonds is 7. The highest BCUT2D eigenvalue weighted by molar-refractivity contribution is 5.89. The minimum Gasteiger partial charge on any atom is -0.482 e. The van der Waals surface area contributed by atoms with E-state index < -0.39 is 11.9 Å². The molecular formula is C24H22O5. The van der Waals surface area contributed by atoms with Gasteiger partial charge in [0.1, 0.15) is 18.1 Å². The van der Waals surface area contributed by atoms with E-state index in [9.17, 15) is 9.59 Å². The molecule has 0 aliphatic heterocycles. The molecule has 0 atom stereocenters. The van der Waals surface area contributed by atoms with Crippen molar-refractivity contribution in [1.82, 2.24) is 0 Å². The molecule has 5 nitrogen and oxygen atoms in total. The Hall–Kier alpha value is -3.60.